The summed E-state index contributed by atoms with van der Waals surface area (Å²) in [5.41, 5.74) is 1.43. The average molecular weight is 353 g/mol. The maximum atomic E-state index is 13.6. The number of rotatable bonds is 4. The maximum Gasteiger partial charge on any atom is 0.149 e. The number of hydrogen-bond acceptors (Lipinski definition) is 3. The predicted octanol–water partition coefficient (Wildman–Crippen LogP) is 4.22. The first-order valence-corrected chi connectivity index (χ1v) is 6.80. The Hall–Kier alpha value is -2.13. The third-order valence-corrected chi connectivity index (χ3v) is 3.49. The van der Waals surface area contributed by atoms with Crippen molar-refractivity contribution in [3.63, 3.8) is 0 Å². The molecule has 108 valence electrons. The molecule has 0 aliphatic rings. The Balaban J connectivity index is 2.17. The van der Waals surface area contributed by atoms with Crippen LogP contribution in [0.5, 0.6) is 5.75 Å². The summed E-state index contributed by atoms with van der Waals surface area (Å²) in [6.45, 7) is 0.317. The van der Waals surface area contributed by atoms with Crippen LogP contribution in [-0.4, -0.2) is 7.11 Å². The zero-order valence-corrected chi connectivity index (χ0v) is 12.7. The van der Waals surface area contributed by atoms with Gasteiger partial charge in [0.15, 0.2) is 0 Å². The molecule has 3 nitrogen and oxygen atoms in total. The minimum Gasteiger partial charge on any atom is -0.495 e. The van der Waals surface area contributed by atoms with Crippen LogP contribution < -0.4 is 10.1 Å². The fraction of sp³-hybridized carbons (Fsp3) is 0.133. The Bertz CT molecular complexity index is 714. The normalized spacial score (nSPS) is 10.0. The van der Waals surface area contributed by atoms with E-state index in [-0.39, 0.29) is 10.2 Å². The lowest BCUT2D eigenvalue weighted by Gasteiger charge is -2.10. The van der Waals surface area contributed by atoms with Gasteiger partial charge in [-0.1, -0.05) is 6.07 Å². The standard InChI is InChI=1S/C15H11BrF2N2O/c1-21-15-4-9(2-3-10(15)7-19)8-20-14-5-11(16)12(17)6-13(14)18/h2-6,20H,8H2,1H3. The molecule has 0 bridgehead atoms. The molecular weight excluding hydrogens is 342 g/mol. The van der Waals surface area contributed by atoms with Crippen molar-refractivity contribution in [2.24, 2.45) is 0 Å². The van der Waals surface area contributed by atoms with Crippen molar-refractivity contribution in [3.05, 3.63) is 57.6 Å². The largest absolute Gasteiger partial charge is 0.495 e. The Morgan fingerprint density at radius 3 is 2.67 bits per heavy atom. The van der Waals surface area contributed by atoms with Crippen LogP contribution in [0.4, 0.5) is 14.5 Å². The molecule has 1 N–H and O–H groups in total. The number of ether oxygens (including phenoxy) is 1. The van der Waals surface area contributed by atoms with E-state index in [2.05, 4.69) is 21.2 Å². The fourth-order valence-corrected chi connectivity index (χ4v) is 2.14. The van der Waals surface area contributed by atoms with Gasteiger partial charge in [-0.15, -0.1) is 0 Å². The summed E-state index contributed by atoms with van der Waals surface area (Å²) >= 11 is 3.01. The summed E-state index contributed by atoms with van der Waals surface area (Å²) in [6, 6.07) is 9.24. The quantitative estimate of drug-likeness (QED) is 0.838. The van der Waals surface area contributed by atoms with E-state index in [1.807, 2.05) is 6.07 Å². The highest BCUT2D eigenvalue weighted by molar-refractivity contribution is 9.10. The van der Waals surface area contributed by atoms with E-state index in [4.69, 9.17) is 10.00 Å². The van der Waals surface area contributed by atoms with Crippen LogP contribution >= 0.6 is 15.9 Å². The third-order valence-electron chi connectivity index (χ3n) is 2.88. The van der Waals surface area contributed by atoms with Crippen molar-refractivity contribution in [1.82, 2.24) is 0 Å². The first-order chi connectivity index (χ1) is 10.0. The van der Waals surface area contributed by atoms with Gasteiger partial charge in [0.2, 0.25) is 0 Å². The molecule has 0 heterocycles. The Labute approximate surface area is 129 Å². The number of benzene rings is 2. The first kappa shape index (κ1) is 15.3. The lowest BCUT2D eigenvalue weighted by Crippen LogP contribution is -2.03. The lowest BCUT2D eigenvalue weighted by atomic mass is 10.1. The van der Waals surface area contributed by atoms with Crippen molar-refractivity contribution >= 4 is 21.6 Å². The number of hydrogen-bond donors (Lipinski definition) is 1. The highest BCUT2D eigenvalue weighted by Crippen LogP contribution is 2.25. The molecule has 2 aromatic rings. The molecule has 0 saturated heterocycles. The van der Waals surface area contributed by atoms with E-state index in [1.54, 1.807) is 18.2 Å². The molecule has 0 aromatic heterocycles. The van der Waals surface area contributed by atoms with Crippen LogP contribution in [0.3, 0.4) is 0 Å². The van der Waals surface area contributed by atoms with Crippen molar-refractivity contribution in [1.29, 1.82) is 5.26 Å². The molecule has 0 spiro atoms. The molecule has 6 heteroatoms. The summed E-state index contributed by atoms with van der Waals surface area (Å²) in [4.78, 5) is 0. The van der Waals surface area contributed by atoms with Crippen LogP contribution in [0.1, 0.15) is 11.1 Å². The molecule has 2 aromatic carbocycles. The second kappa shape index (κ2) is 6.55. The van der Waals surface area contributed by atoms with E-state index in [9.17, 15) is 8.78 Å². The van der Waals surface area contributed by atoms with Gasteiger partial charge < -0.3 is 10.1 Å². The van der Waals surface area contributed by atoms with Crippen molar-refractivity contribution < 1.29 is 13.5 Å². The smallest absolute Gasteiger partial charge is 0.149 e. The molecule has 21 heavy (non-hydrogen) atoms. The zero-order chi connectivity index (χ0) is 15.4. The third kappa shape index (κ3) is 3.50. The Morgan fingerprint density at radius 1 is 1.24 bits per heavy atom. The van der Waals surface area contributed by atoms with Crippen LogP contribution in [0.15, 0.2) is 34.8 Å². The maximum absolute atomic E-state index is 13.6. The highest BCUT2D eigenvalue weighted by atomic mass is 79.9. The number of nitrogens with one attached hydrogen (secondary N) is 1. The van der Waals surface area contributed by atoms with Crippen LogP contribution in [-0.2, 0) is 6.54 Å². The molecular formula is C15H11BrF2N2O. The van der Waals surface area contributed by atoms with Crippen LogP contribution in [0.25, 0.3) is 0 Å². The zero-order valence-electron chi connectivity index (χ0n) is 11.1. The molecule has 2 rings (SSSR count). The fourth-order valence-electron chi connectivity index (χ4n) is 1.79. The molecule has 0 unspecified atom stereocenters. The monoisotopic (exact) mass is 352 g/mol. The van der Waals surface area contributed by atoms with Gasteiger partial charge in [0.25, 0.3) is 0 Å². The van der Waals surface area contributed by atoms with Gasteiger partial charge in [0.05, 0.1) is 22.8 Å². The number of nitrogens with zero attached hydrogens (tertiary/aromatic N) is 1. The van der Waals surface area contributed by atoms with Crippen molar-refractivity contribution in [2.45, 2.75) is 6.54 Å². The minimum atomic E-state index is -0.670. The van der Waals surface area contributed by atoms with Gasteiger partial charge in [0.1, 0.15) is 23.5 Å². The van der Waals surface area contributed by atoms with E-state index in [0.717, 1.165) is 11.6 Å². The summed E-state index contributed by atoms with van der Waals surface area (Å²) < 4.78 is 32.0. The summed E-state index contributed by atoms with van der Waals surface area (Å²) in [7, 11) is 1.48. The van der Waals surface area contributed by atoms with Gasteiger partial charge in [-0.25, -0.2) is 8.78 Å². The van der Waals surface area contributed by atoms with Gasteiger partial charge >= 0.3 is 0 Å². The van der Waals surface area contributed by atoms with E-state index >= 15 is 0 Å². The predicted molar refractivity (Wildman–Crippen MR) is 79.1 cm³/mol. The van der Waals surface area contributed by atoms with Crippen molar-refractivity contribution in [2.75, 3.05) is 12.4 Å². The SMILES string of the molecule is COc1cc(CNc2cc(Br)c(F)cc2F)ccc1C#N. The second-order valence-electron chi connectivity index (χ2n) is 4.25. The molecule has 0 saturated carbocycles. The minimum absolute atomic E-state index is 0.184. The highest BCUT2D eigenvalue weighted by Gasteiger charge is 2.09. The molecule has 0 radical (unpaired) electrons. The van der Waals surface area contributed by atoms with Gasteiger partial charge in [0, 0.05) is 12.6 Å². The first-order valence-electron chi connectivity index (χ1n) is 6.00. The summed E-state index contributed by atoms with van der Waals surface area (Å²) in [6.07, 6.45) is 0. The van der Waals surface area contributed by atoms with E-state index < -0.39 is 11.6 Å². The Morgan fingerprint density at radius 2 is 2.00 bits per heavy atom. The molecule has 0 aliphatic carbocycles. The lowest BCUT2D eigenvalue weighted by molar-refractivity contribution is 0.413. The topological polar surface area (TPSA) is 45.0 Å². The van der Waals surface area contributed by atoms with E-state index in [1.165, 1.54) is 13.2 Å². The number of anilines is 1. The van der Waals surface area contributed by atoms with Gasteiger partial charge in [-0.05, 0) is 39.7 Å². The van der Waals surface area contributed by atoms with Crippen LogP contribution in [0.2, 0.25) is 0 Å². The average Bonchev–Trinajstić information content (AvgIpc) is 2.49. The number of nitriles is 1. The van der Waals surface area contributed by atoms with Crippen LogP contribution in [0, 0.1) is 23.0 Å². The summed E-state index contributed by atoms with van der Waals surface area (Å²) in [5, 5.41) is 11.8. The summed E-state index contributed by atoms with van der Waals surface area (Å²) in [5.74, 6) is -0.869. The number of halogens is 3. The van der Waals surface area contributed by atoms with E-state index in [0.29, 0.717) is 17.9 Å². The molecule has 0 atom stereocenters. The van der Waals surface area contributed by atoms with Crippen molar-refractivity contribution in [3.8, 4) is 11.8 Å². The Kier molecular flexibility index (Phi) is 4.76. The molecule has 0 fully saturated rings. The number of methoxy groups -OCH3 is 1. The van der Waals surface area contributed by atoms with Gasteiger partial charge in [-0.3, -0.25) is 0 Å². The van der Waals surface area contributed by atoms with Gasteiger partial charge in [-0.2, -0.15) is 5.26 Å². The molecule has 0 amide bonds. The second-order valence-corrected chi connectivity index (χ2v) is 5.10. The molecule has 0 aliphatic heterocycles.